The molecule has 618 valence electrons. The minimum absolute atomic E-state index is 0.0417. The molecule has 30 N–H and O–H groups in total. The summed E-state index contributed by atoms with van der Waals surface area (Å²) in [5, 5.41) is 66.9. The Hall–Kier alpha value is -9.33. The summed E-state index contributed by atoms with van der Waals surface area (Å²) in [5.41, 5.74) is 35.0. The predicted molar refractivity (Wildman–Crippen MR) is 405 cm³/mol. The number of aromatic nitrogens is 2. The van der Waals surface area contributed by atoms with Crippen molar-refractivity contribution in [1.82, 2.24) is 84.4 Å². The van der Waals surface area contributed by atoms with Crippen LogP contribution in [0.1, 0.15) is 135 Å². The maximum Gasteiger partial charge on any atom is 0.245 e. The molecule has 0 unspecified atom stereocenters. The normalized spacial score (nSPS) is 14.8. The van der Waals surface area contributed by atoms with Crippen LogP contribution in [-0.4, -0.2) is 257 Å². The van der Waals surface area contributed by atoms with Crippen molar-refractivity contribution in [2.24, 2.45) is 40.3 Å². The fourth-order valence-corrected chi connectivity index (χ4v) is 11.4. The molecular formula is C69H118N22O18S. The summed E-state index contributed by atoms with van der Waals surface area (Å²) in [6, 6.07) is -8.88. The third kappa shape index (κ3) is 39.3. The summed E-state index contributed by atoms with van der Waals surface area (Å²) in [7, 11) is 0. The topological polar surface area (TPSA) is 670 Å². The average Bonchev–Trinajstić information content (AvgIpc) is 1.04. The van der Waals surface area contributed by atoms with Gasteiger partial charge in [0.25, 0.3) is 0 Å². The highest BCUT2D eigenvalue weighted by atomic mass is 32.2. The Kier molecular flexibility index (Phi) is 47.8. The molecule has 1 heterocycles. The number of carbonyl (C=O) groups excluding carboxylic acids is 15. The Morgan fingerprint density at radius 1 is 0.527 bits per heavy atom. The number of unbranched alkanes of at least 4 members (excludes halogenated alkanes) is 3. The maximum absolute atomic E-state index is 14.8. The van der Waals surface area contributed by atoms with E-state index < -0.39 is 194 Å². The number of H-pyrrole nitrogens is 1. The van der Waals surface area contributed by atoms with E-state index in [1.54, 1.807) is 38.1 Å². The first-order valence-electron chi connectivity index (χ1n) is 36.7. The van der Waals surface area contributed by atoms with Crippen molar-refractivity contribution in [2.75, 3.05) is 57.9 Å². The van der Waals surface area contributed by atoms with E-state index in [4.69, 9.17) is 34.4 Å². The molecule has 41 heteroatoms. The first-order valence-corrected chi connectivity index (χ1v) is 38.1. The molecule has 0 bridgehead atoms. The van der Waals surface area contributed by atoms with Gasteiger partial charge in [0, 0.05) is 38.2 Å². The number of rotatable bonds is 58. The number of imidazole rings is 1. The zero-order valence-corrected chi connectivity index (χ0v) is 64.1. The van der Waals surface area contributed by atoms with Crippen LogP contribution in [0.4, 0.5) is 0 Å². The molecule has 1 aromatic heterocycles. The Morgan fingerprint density at radius 2 is 1.00 bits per heavy atom. The maximum atomic E-state index is 14.8. The molecule has 0 aliphatic carbocycles. The molecule has 0 fully saturated rings. The van der Waals surface area contributed by atoms with Gasteiger partial charge in [-0.2, -0.15) is 11.8 Å². The highest BCUT2D eigenvalue weighted by Crippen LogP contribution is 2.14. The van der Waals surface area contributed by atoms with Crippen LogP contribution >= 0.6 is 11.8 Å². The second-order valence-corrected chi connectivity index (χ2v) is 27.8. The number of amides is 14. The van der Waals surface area contributed by atoms with Gasteiger partial charge in [-0.3, -0.25) is 72.4 Å². The number of aldehydes is 1. The molecule has 0 saturated heterocycles. The molecular weight excluding hydrogens is 1460 g/mol. The Balaban J connectivity index is 2.51. The standard InChI is InChI=1S/C69H118N22O18S/c1-39(2)30-51(64(105)86-50(24-29-110-5)59(100)81-44(35-92)31-42-16-7-6-8-17-42)87-61(102)47(20-11-14-27-77-41(4)96)83-60(101)46(19-10-13-26-71)84-65(106)52(32-43-33-76-38-80-43)88-62(103)48(21-15-28-78-69(74)75)85-66(107)53(36-93)90-68(109)57(40(3)95)91-67(108)54(37-94)89-63(104)49(22-23-55(73)97)82-56(98)34-79-58(99)45(72)18-9-12-25-70/h6-8,16-17,33,35,38-40,44-54,57,69,78,93-95H,9-15,18-32,34,36-37,70-72,74-75H2,1-5H3,(H2,73,97)(H,76,80)(H,77,96)(H,79,99)(H,81,100)(H,82,98)(H,83,101)(H,84,106)(H,85,107)(H,86,105)(H,87,102)(H,88,103)(H,89,104)(H,90,109)(H,91,108)/t40-,44+,45+,46+,47+,48+,49+,50+,51+,52+,53+,54+,57+/m1/s1. The molecule has 0 saturated carbocycles. The smallest absolute Gasteiger partial charge is 0.245 e. The number of benzene rings is 1. The number of thioether (sulfide) groups is 1. The van der Waals surface area contributed by atoms with Crippen LogP contribution in [0.5, 0.6) is 0 Å². The van der Waals surface area contributed by atoms with E-state index in [9.17, 15) is 87.2 Å². The second kappa shape index (κ2) is 54.3. The van der Waals surface area contributed by atoms with Gasteiger partial charge < -0.3 is 129 Å². The van der Waals surface area contributed by atoms with Crippen LogP contribution in [0.15, 0.2) is 42.9 Å². The number of primary amides is 1. The Morgan fingerprint density at radius 3 is 1.50 bits per heavy atom. The molecule has 110 heavy (non-hydrogen) atoms. The fourth-order valence-electron chi connectivity index (χ4n) is 10.9. The summed E-state index contributed by atoms with van der Waals surface area (Å²) >= 11 is 1.41. The van der Waals surface area contributed by atoms with Crippen LogP contribution in [0.25, 0.3) is 0 Å². The third-order valence-corrected chi connectivity index (χ3v) is 17.6. The number of aliphatic hydroxyl groups excluding tert-OH is 3. The van der Waals surface area contributed by atoms with Gasteiger partial charge in [0.1, 0.15) is 73.0 Å². The van der Waals surface area contributed by atoms with Crippen molar-refractivity contribution in [3.05, 3.63) is 54.1 Å². The molecule has 0 spiro atoms. The molecule has 2 aromatic rings. The number of aliphatic hydroxyl groups is 3. The second-order valence-electron chi connectivity index (χ2n) is 26.8. The third-order valence-electron chi connectivity index (χ3n) is 16.9. The van der Waals surface area contributed by atoms with E-state index >= 15 is 0 Å². The number of nitrogens with one attached hydrogen (secondary N) is 15. The minimum atomic E-state index is -2.00. The number of hydrogen-bond acceptors (Lipinski definition) is 26. The largest absolute Gasteiger partial charge is 0.394 e. The van der Waals surface area contributed by atoms with Gasteiger partial charge >= 0.3 is 0 Å². The van der Waals surface area contributed by atoms with Crippen LogP contribution in [0.3, 0.4) is 0 Å². The summed E-state index contributed by atoms with van der Waals surface area (Å²) < 4.78 is 0. The number of hydrogen-bond donors (Lipinski definition) is 24. The lowest BCUT2D eigenvalue weighted by Crippen LogP contribution is -2.63. The van der Waals surface area contributed by atoms with Crippen LogP contribution < -0.4 is 109 Å². The molecule has 40 nitrogen and oxygen atoms in total. The summed E-state index contributed by atoms with van der Waals surface area (Å²) in [6.07, 6.45) is 3.62. The average molecular weight is 1580 g/mol. The van der Waals surface area contributed by atoms with E-state index in [1.165, 1.54) is 31.2 Å². The van der Waals surface area contributed by atoms with Crippen LogP contribution in [-0.2, 0) is 84.8 Å². The lowest BCUT2D eigenvalue weighted by molar-refractivity contribution is -0.138. The Labute approximate surface area is 643 Å². The van der Waals surface area contributed by atoms with Crippen molar-refractivity contribution < 1.29 is 87.2 Å². The SMILES string of the molecule is CSCC[C@H](NC(=O)[C@H](CC(C)C)NC(=O)[C@H](CCCCNC(C)=O)NC(=O)[C@H](CCCCN)NC(=O)[C@H](Cc1cnc[nH]1)NC(=O)[C@H](CCCNC(N)N)NC(=O)[C@H](CO)NC(=O)[C@@H](NC(=O)[C@H](CO)NC(=O)[C@H](CCC(N)=O)NC(=O)CNC(=O)[C@@H](N)CCCCN)[C@@H](C)O)C(=O)N[C@H](C=O)Cc1ccccc1. The molecule has 0 radical (unpaired) electrons. The van der Waals surface area contributed by atoms with Gasteiger partial charge in [-0.05, 0) is 140 Å². The van der Waals surface area contributed by atoms with Crippen molar-refractivity contribution in [3.63, 3.8) is 0 Å². The number of nitrogens with two attached hydrogens (primary N) is 6. The van der Waals surface area contributed by atoms with E-state index in [1.807, 2.05) is 12.3 Å². The highest BCUT2D eigenvalue weighted by Gasteiger charge is 2.38. The lowest BCUT2D eigenvalue weighted by atomic mass is 10.0. The van der Waals surface area contributed by atoms with Crippen LogP contribution in [0, 0.1) is 5.92 Å². The number of carbonyl (C=O) groups is 15. The van der Waals surface area contributed by atoms with Gasteiger partial charge in [0.2, 0.25) is 82.7 Å². The van der Waals surface area contributed by atoms with Gasteiger partial charge in [-0.1, -0.05) is 50.6 Å². The first-order chi connectivity index (χ1) is 52.3. The van der Waals surface area contributed by atoms with Gasteiger partial charge in [-0.25, -0.2) is 4.98 Å². The molecule has 14 amide bonds. The van der Waals surface area contributed by atoms with E-state index in [-0.39, 0.29) is 108 Å². The van der Waals surface area contributed by atoms with Crippen molar-refractivity contribution in [1.29, 1.82) is 0 Å². The van der Waals surface area contributed by atoms with Crippen molar-refractivity contribution >= 4 is 101 Å². The number of aromatic amines is 1. The molecule has 0 aliphatic heterocycles. The molecule has 2 rings (SSSR count). The lowest BCUT2D eigenvalue weighted by Gasteiger charge is -2.29. The van der Waals surface area contributed by atoms with E-state index in [2.05, 4.69) is 84.4 Å². The summed E-state index contributed by atoms with van der Waals surface area (Å²) in [4.78, 5) is 210. The van der Waals surface area contributed by atoms with E-state index in [0.29, 0.717) is 44.3 Å². The minimum Gasteiger partial charge on any atom is -0.394 e. The molecule has 0 aliphatic rings. The Bertz CT molecular complexity index is 3220. The summed E-state index contributed by atoms with van der Waals surface area (Å²) in [6.45, 7) is 3.76. The molecule has 13 atom stereocenters. The zero-order chi connectivity index (χ0) is 82.3. The van der Waals surface area contributed by atoms with Crippen molar-refractivity contribution in [2.45, 2.75) is 222 Å². The van der Waals surface area contributed by atoms with E-state index in [0.717, 1.165) is 12.5 Å². The first kappa shape index (κ1) is 96.7. The monoisotopic (exact) mass is 1570 g/mol. The fraction of sp³-hybridized carbons (Fsp3) is 0.652. The quantitative estimate of drug-likeness (QED) is 0.0166. The summed E-state index contributed by atoms with van der Waals surface area (Å²) in [5.74, 6) is -12.7. The molecule has 1 aromatic carbocycles. The zero-order valence-electron chi connectivity index (χ0n) is 63.2. The van der Waals surface area contributed by atoms with Gasteiger partial charge in [0.15, 0.2) is 0 Å². The highest BCUT2D eigenvalue weighted by molar-refractivity contribution is 7.98. The van der Waals surface area contributed by atoms with Gasteiger partial charge in [-0.15, -0.1) is 0 Å². The van der Waals surface area contributed by atoms with Gasteiger partial charge in [0.05, 0.1) is 44.3 Å². The predicted octanol–water partition coefficient (Wildman–Crippen LogP) is -8.26. The number of nitrogens with zero attached hydrogens (tertiary/aromatic N) is 1. The van der Waals surface area contributed by atoms with Crippen LogP contribution in [0.2, 0.25) is 0 Å². The van der Waals surface area contributed by atoms with Crippen molar-refractivity contribution in [3.8, 4) is 0 Å².